The minimum atomic E-state index is 0.00437. The summed E-state index contributed by atoms with van der Waals surface area (Å²) in [5, 5.41) is 7.83. The Morgan fingerprint density at radius 2 is 1.90 bits per heavy atom. The second-order valence-corrected chi connectivity index (χ2v) is 8.32. The van der Waals surface area contributed by atoms with Gasteiger partial charge >= 0.3 is 0 Å². The van der Waals surface area contributed by atoms with Crippen LogP contribution < -0.4 is 5.32 Å². The number of carbonyl (C=O) groups is 1. The van der Waals surface area contributed by atoms with Gasteiger partial charge in [0.2, 0.25) is 5.91 Å². The maximum atomic E-state index is 12.7. The first-order valence-electron chi connectivity index (χ1n) is 10.2. The fourth-order valence-electron chi connectivity index (χ4n) is 3.69. The van der Waals surface area contributed by atoms with Crippen LogP contribution >= 0.6 is 11.6 Å². The normalized spacial score (nSPS) is 15.3. The van der Waals surface area contributed by atoms with Gasteiger partial charge in [-0.2, -0.15) is 4.98 Å². The van der Waals surface area contributed by atoms with Crippen molar-refractivity contribution in [3.63, 3.8) is 0 Å². The molecular weight excluding hydrogens is 400 g/mol. The van der Waals surface area contributed by atoms with Crippen LogP contribution in [0.25, 0.3) is 11.5 Å². The van der Waals surface area contributed by atoms with Crippen molar-refractivity contribution < 1.29 is 9.32 Å². The van der Waals surface area contributed by atoms with Gasteiger partial charge in [-0.05, 0) is 75.7 Å². The molecule has 6 nitrogen and oxygen atoms in total. The summed E-state index contributed by atoms with van der Waals surface area (Å²) in [6.07, 6.45) is 1.61. The van der Waals surface area contributed by atoms with Gasteiger partial charge in [0, 0.05) is 22.2 Å². The van der Waals surface area contributed by atoms with Gasteiger partial charge in [-0.3, -0.25) is 9.69 Å². The Hall–Kier alpha value is -2.70. The van der Waals surface area contributed by atoms with Crippen molar-refractivity contribution >= 4 is 23.2 Å². The molecule has 1 fully saturated rings. The van der Waals surface area contributed by atoms with Crippen molar-refractivity contribution in [2.75, 3.05) is 18.4 Å². The maximum Gasteiger partial charge on any atom is 0.257 e. The van der Waals surface area contributed by atoms with Crippen LogP contribution in [0.5, 0.6) is 0 Å². The Morgan fingerprint density at radius 3 is 2.60 bits per heavy atom. The summed E-state index contributed by atoms with van der Waals surface area (Å²) in [6.45, 7) is 6.27. The monoisotopic (exact) mass is 424 g/mol. The van der Waals surface area contributed by atoms with Crippen LogP contribution in [0.2, 0.25) is 5.02 Å². The van der Waals surface area contributed by atoms with Crippen molar-refractivity contribution in [3.8, 4) is 11.5 Å². The zero-order chi connectivity index (χ0) is 21.1. The topological polar surface area (TPSA) is 71.3 Å². The number of likely N-dealkylation sites (tertiary alicyclic amines) is 1. The highest BCUT2D eigenvalue weighted by molar-refractivity contribution is 6.30. The number of aryl methyl sites for hydroxylation is 2. The van der Waals surface area contributed by atoms with Crippen molar-refractivity contribution in [2.45, 2.75) is 33.2 Å². The van der Waals surface area contributed by atoms with Crippen molar-refractivity contribution in [1.29, 1.82) is 0 Å². The van der Waals surface area contributed by atoms with E-state index in [4.69, 9.17) is 16.1 Å². The molecule has 0 aliphatic carbocycles. The van der Waals surface area contributed by atoms with E-state index in [1.807, 2.05) is 50.2 Å². The van der Waals surface area contributed by atoms with Crippen molar-refractivity contribution in [1.82, 2.24) is 15.0 Å². The highest BCUT2D eigenvalue weighted by Crippen LogP contribution is 2.24. The second-order valence-electron chi connectivity index (χ2n) is 7.88. The molecule has 3 aromatic rings. The lowest BCUT2D eigenvalue weighted by molar-refractivity contribution is -0.121. The Bertz CT molecular complexity index is 1020. The van der Waals surface area contributed by atoms with Gasteiger partial charge in [0.15, 0.2) is 5.82 Å². The van der Waals surface area contributed by atoms with Gasteiger partial charge in [-0.15, -0.1) is 0 Å². The van der Waals surface area contributed by atoms with Crippen LogP contribution in [0.4, 0.5) is 5.69 Å². The summed E-state index contributed by atoms with van der Waals surface area (Å²) in [5.74, 6) is 1.29. The maximum absolute atomic E-state index is 12.7. The standard InChI is InChI=1S/C23H25ClN4O2/c1-15-3-5-18(6-4-15)23-26-21(27-30-23)14-28-11-9-17(10-12-28)22(29)25-20-8-7-19(24)13-16(20)2/h3-8,13,17H,9-12,14H2,1-2H3,(H,25,29). The quantitative estimate of drug-likeness (QED) is 0.633. The summed E-state index contributed by atoms with van der Waals surface area (Å²) in [4.78, 5) is 19.4. The molecule has 1 amide bonds. The molecule has 1 N–H and O–H groups in total. The number of aromatic nitrogens is 2. The lowest BCUT2D eigenvalue weighted by Gasteiger charge is -2.30. The molecule has 1 saturated heterocycles. The zero-order valence-corrected chi connectivity index (χ0v) is 17.9. The highest BCUT2D eigenvalue weighted by Gasteiger charge is 2.26. The van der Waals surface area contributed by atoms with E-state index >= 15 is 0 Å². The number of piperidine rings is 1. The fourth-order valence-corrected chi connectivity index (χ4v) is 3.91. The number of hydrogen-bond acceptors (Lipinski definition) is 5. The van der Waals surface area contributed by atoms with E-state index in [9.17, 15) is 4.79 Å². The third-order valence-corrected chi connectivity index (χ3v) is 5.77. The van der Waals surface area contributed by atoms with Gasteiger partial charge in [0.1, 0.15) is 0 Å². The number of amides is 1. The summed E-state index contributed by atoms with van der Waals surface area (Å²) in [7, 11) is 0. The van der Waals surface area contributed by atoms with Gasteiger partial charge in [-0.25, -0.2) is 0 Å². The number of nitrogens with zero attached hydrogens (tertiary/aromatic N) is 3. The molecule has 0 spiro atoms. The molecule has 0 unspecified atom stereocenters. The predicted molar refractivity (Wildman–Crippen MR) is 117 cm³/mol. The largest absolute Gasteiger partial charge is 0.334 e. The Morgan fingerprint density at radius 1 is 1.17 bits per heavy atom. The number of nitrogens with one attached hydrogen (secondary N) is 1. The molecule has 0 radical (unpaired) electrons. The van der Waals surface area contributed by atoms with Crippen molar-refractivity contribution in [3.05, 3.63) is 64.4 Å². The molecule has 2 aromatic carbocycles. The van der Waals surface area contributed by atoms with E-state index in [0.29, 0.717) is 23.3 Å². The lowest BCUT2D eigenvalue weighted by atomic mass is 9.95. The lowest BCUT2D eigenvalue weighted by Crippen LogP contribution is -2.38. The Balaban J connectivity index is 1.29. The van der Waals surface area contributed by atoms with Crippen molar-refractivity contribution in [2.24, 2.45) is 5.92 Å². The third kappa shape index (κ3) is 4.89. The van der Waals surface area contributed by atoms with E-state index < -0.39 is 0 Å². The minimum Gasteiger partial charge on any atom is -0.334 e. The molecule has 1 aliphatic heterocycles. The SMILES string of the molecule is Cc1ccc(-c2nc(CN3CCC(C(=O)Nc4ccc(Cl)cc4C)CC3)no2)cc1. The van der Waals surface area contributed by atoms with E-state index in [0.717, 1.165) is 42.7 Å². The first-order chi connectivity index (χ1) is 14.5. The second kappa shape index (κ2) is 8.98. The third-order valence-electron chi connectivity index (χ3n) is 5.54. The number of benzene rings is 2. The van der Waals surface area contributed by atoms with Gasteiger partial charge in [0.25, 0.3) is 5.89 Å². The molecule has 7 heteroatoms. The van der Waals surface area contributed by atoms with E-state index in [2.05, 4.69) is 20.4 Å². The van der Waals surface area contributed by atoms with Crippen LogP contribution in [0.15, 0.2) is 47.0 Å². The van der Waals surface area contributed by atoms with Crippen LogP contribution in [-0.2, 0) is 11.3 Å². The molecule has 1 aromatic heterocycles. The first kappa shape index (κ1) is 20.6. The molecule has 2 heterocycles. The average Bonchev–Trinajstić information content (AvgIpc) is 3.19. The van der Waals surface area contributed by atoms with Crippen LogP contribution in [0.3, 0.4) is 0 Å². The van der Waals surface area contributed by atoms with Gasteiger partial charge in [0.05, 0.1) is 6.54 Å². The van der Waals surface area contributed by atoms with Crippen LogP contribution in [0.1, 0.15) is 29.8 Å². The smallest absolute Gasteiger partial charge is 0.257 e. The molecule has 0 bridgehead atoms. The molecule has 0 atom stereocenters. The Kier molecular flexibility index (Phi) is 6.16. The number of hydrogen-bond donors (Lipinski definition) is 1. The number of halogens is 1. The minimum absolute atomic E-state index is 0.00437. The molecule has 4 rings (SSSR count). The Labute approximate surface area is 181 Å². The number of rotatable bonds is 5. The number of carbonyl (C=O) groups excluding carboxylic acids is 1. The summed E-state index contributed by atoms with van der Waals surface area (Å²) >= 11 is 5.99. The first-order valence-corrected chi connectivity index (χ1v) is 10.5. The summed E-state index contributed by atoms with van der Waals surface area (Å²) in [6, 6.07) is 13.5. The highest BCUT2D eigenvalue weighted by atomic mass is 35.5. The van der Waals surface area contributed by atoms with Crippen LogP contribution in [0, 0.1) is 19.8 Å². The van der Waals surface area contributed by atoms with E-state index in [1.165, 1.54) is 5.56 Å². The zero-order valence-electron chi connectivity index (χ0n) is 17.2. The van der Waals surface area contributed by atoms with Crippen LogP contribution in [-0.4, -0.2) is 34.0 Å². The van der Waals surface area contributed by atoms with E-state index in [-0.39, 0.29) is 11.8 Å². The van der Waals surface area contributed by atoms with Gasteiger partial charge < -0.3 is 9.84 Å². The number of anilines is 1. The molecular formula is C23H25ClN4O2. The fraction of sp³-hybridized carbons (Fsp3) is 0.348. The van der Waals surface area contributed by atoms with Gasteiger partial charge in [-0.1, -0.05) is 34.5 Å². The average molecular weight is 425 g/mol. The summed E-state index contributed by atoms with van der Waals surface area (Å²) in [5.41, 5.74) is 3.90. The molecule has 30 heavy (non-hydrogen) atoms. The molecule has 1 aliphatic rings. The van der Waals surface area contributed by atoms with E-state index in [1.54, 1.807) is 6.07 Å². The summed E-state index contributed by atoms with van der Waals surface area (Å²) < 4.78 is 5.42. The predicted octanol–water partition coefficient (Wildman–Crippen LogP) is 4.86. The molecule has 0 saturated carbocycles. The molecule has 156 valence electrons.